The van der Waals surface area contributed by atoms with Crippen molar-refractivity contribution in [1.29, 1.82) is 0 Å². The minimum absolute atomic E-state index is 0.271. The molecule has 2 aliphatic rings. The van der Waals surface area contributed by atoms with Gasteiger partial charge in [-0.05, 0) is 45.7 Å². The first-order valence-electron chi connectivity index (χ1n) is 8.19. The highest BCUT2D eigenvalue weighted by molar-refractivity contribution is 4.93. The second kappa shape index (κ2) is 6.55. The zero-order valence-corrected chi connectivity index (χ0v) is 13.4. The third-order valence-electron chi connectivity index (χ3n) is 4.78. The van der Waals surface area contributed by atoms with E-state index in [4.69, 9.17) is 0 Å². The van der Waals surface area contributed by atoms with E-state index in [2.05, 4.69) is 42.8 Å². The summed E-state index contributed by atoms with van der Waals surface area (Å²) in [6.45, 7) is 16.9. The maximum atomic E-state index is 3.70. The Morgan fingerprint density at radius 2 is 1.79 bits per heavy atom. The predicted octanol–water partition coefficient (Wildman–Crippen LogP) is 2.18. The highest BCUT2D eigenvalue weighted by Crippen LogP contribution is 2.20. The molecule has 0 amide bonds. The van der Waals surface area contributed by atoms with Crippen LogP contribution in [0.2, 0.25) is 0 Å². The molecule has 3 heteroatoms. The first-order valence-corrected chi connectivity index (χ1v) is 8.19. The van der Waals surface area contributed by atoms with E-state index in [-0.39, 0.29) is 5.54 Å². The Labute approximate surface area is 119 Å². The topological polar surface area (TPSA) is 18.5 Å². The Bertz CT molecular complexity index is 269. The van der Waals surface area contributed by atoms with Gasteiger partial charge in [-0.25, -0.2) is 0 Å². The molecule has 1 N–H and O–H groups in total. The van der Waals surface area contributed by atoms with Crippen LogP contribution in [0.25, 0.3) is 0 Å². The van der Waals surface area contributed by atoms with Crippen molar-refractivity contribution in [2.45, 2.75) is 58.5 Å². The molecule has 112 valence electrons. The maximum absolute atomic E-state index is 3.70. The summed E-state index contributed by atoms with van der Waals surface area (Å²) in [4.78, 5) is 5.39. The van der Waals surface area contributed by atoms with Gasteiger partial charge in [0.15, 0.2) is 0 Å². The summed E-state index contributed by atoms with van der Waals surface area (Å²) in [7, 11) is 0. The van der Waals surface area contributed by atoms with Crippen LogP contribution in [-0.4, -0.2) is 60.6 Å². The lowest BCUT2D eigenvalue weighted by Gasteiger charge is -2.47. The lowest BCUT2D eigenvalue weighted by atomic mass is 9.93. The molecule has 0 aliphatic carbocycles. The molecule has 2 rings (SSSR count). The summed E-state index contributed by atoms with van der Waals surface area (Å²) < 4.78 is 0. The van der Waals surface area contributed by atoms with E-state index in [0.717, 1.165) is 12.5 Å². The monoisotopic (exact) mass is 267 g/mol. The fourth-order valence-electron chi connectivity index (χ4n) is 3.55. The van der Waals surface area contributed by atoms with Gasteiger partial charge in [0, 0.05) is 37.8 Å². The van der Waals surface area contributed by atoms with E-state index in [1.807, 2.05) is 0 Å². The number of piperazine rings is 1. The highest BCUT2D eigenvalue weighted by Gasteiger charge is 2.33. The van der Waals surface area contributed by atoms with Crippen LogP contribution < -0.4 is 5.32 Å². The average Bonchev–Trinajstić information content (AvgIpc) is 2.36. The van der Waals surface area contributed by atoms with Crippen molar-refractivity contribution >= 4 is 0 Å². The van der Waals surface area contributed by atoms with Crippen molar-refractivity contribution in [3.8, 4) is 0 Å². The third-order valence-corrected chi connectivity index (χ3v) is 4.78. The molecular weight excluding hydrogens is 234 g/mol. The Morgan fingerprint density at radius 3 is 2.42 bits per heavy atom. The van der Waals surface area contributed by atoms with Crippen LogP contribution in [0.1, 0.15) is 47.0 Å². The maximum Gasteiger partial charge on any atom is 0.0252 e. The van der Waals surface area contributed by atoms with Gasteiger partial charge >= 0.3 is 0 Å². The minimum Gasteiger partial charge on any atom is -0.309 e. The molecule has 2 heterocycles. The van der Waals surface area contributed by atoms with Gasteiger partial charge in [-0.1, -0.05) is 20.3 Å². The Hall–Kier alpha value is -0.120. The first kappa shape index (κ1) is 15.3. The standard InChI is InChI=1S/C16H33N3/c1-14(2)15-12-17-16(3,4)13-19(15)11-10-18-8-6-5-7-9-18/h14-15,17H,5-13H2,1-4H3. The molecular formula is C16H33N3. The quantitative estimate of drug-likeness (QED) is 0.842. The SMILES string of the molecule is CC(C)C1CNC(C)(C)CN1CCN1CCCCC1. The molecule has 0 aromatic heterocycles. The summed E-state index contributed by atoms with van der Waals surface area (Å²) in [5.74, 6) is 0.741. The van der Waals surface area contributed by atoms with Gasteiger partial charge in [-0.3, -0.25) is 4.90 Å². The molecule has 3 nitrogen and oxygen atoms in total. The van der Waals surface area contributed by atoms with Crippen LogP contribution in [0.5, 0.6) is 0 Å². The van der Waals surface area contributed by atoms with Crippen molar-refractivity contribution in [3.63, 3.8) is 0 Å². The van der Waals surface area contributed by atoms with Gasteiger partial charge in [0.25, 0.3) is 0 Å². The zero-order chi connectivity index (χ0) is 13.9. The molecule has 2 saturated heterocycles. The number of piperidine rings is 1. The summed E-state index contributed by atoms with van der Waals surface area (Å²) in [5.41, 5.74) is 0.271. The molecule has 1 unspecified atom stereocenters. The minimum atomic E-state index is 0.271. The van der Waals surface area contributed by atoms with Crippen molar-refractivity contribution < 1.29 is 0 Å². The molecule has 0 aromatic rings. The Morgan fingerprint density at radius 1 is 1.11 bits per heavy atom. The molecule has 0 saturated carbocycles. The summed E-state index contributed by atoms with van der Waals surface area (Å²) in [6.07, 6.45) is 4.24. The van der Waals surface area contributed by atoms with Crippen LogP contribution in [0.3, 0.4) is 0 Å². The molecule has 19 heavy (non-hydrogen) atoms. The van der Waals surface area contributed by atoms with Crippen molar-refractivity contribution in [3.05, 3.63) is 0 Å². The van der Waals surface area contributed by atoms with E-state index in [1.165, 1.54) is 52.0 Å². The average molecular weight is 267 g/mol. The lowest BCUT2D eigenvalue weighted by molar-refractivity contribution is 0.0571. The number of hydrogen-bond donors (Lipinski definition) is 1. The van der Waals surface area contributed by atoms with Crippen LogP contribution in [-0.2, 0) is 0 Å². The van der Waals surface area contributed by atoms with Crippen molar-refractivity contribution in [1.82, 2.24) is 15.1 Å². The predicted molar refractivity (Wildman–Crippen MR) is 82.6 cm³/mol. The van der Waals surface area contributed by atoms with E-state index in [1.54, 1.807) is 0 Å². The van der Waals surface area contributed by atoms with Crippen LogP contribution in [0.4, 0.5) is 0 Å². The van der Waals surface area contributed by atoms with Gasteiger partial charge in [-0.2, -0.15) is 0 Å². The highest BCUT2D eigenvalue weighted by atomic mass is 15.3. The Kier molecular flexibility index (Phi) is 5.27. The van der Waals surface area contributed by atoms with E-state index in [9.17, 15) is 0 Å². The molecule has 0 bridgehead atoms. The number of nitrogens with one attached hydrogen (secondary N) is 1. The molecule has 2 fully saturated rings. The fraction of sp³-hybridized carbons (Fsp3) is 1.00. The molecule has 0 spiro atoms. The number of likely N-dealkylation sites (tertiary alicyclic amines) is 1. The number of rotatable bonds is 4. The second-order valence-corrected chi connectivity index (χ2v) is 7.45. The molecule has 0 radical (unpaired) electrons. The summed E-state index contributed by atoms with van der Waals surface area (Å²) >= 11 is 0. The second-order valence-electron chi connectivity index (χ2n) is 7.45. The molecule has 0 aromatic carbocycles. The summed E-state index contributed by atoms with van der Waals surface area (Å²) in [6, 6.07) is 0.706. The number of nitrogens with zero attached hydrogens (tertiary/aromatic N) is 2. The van der Waals surface area contributed by atoms with Crippen LogP contribution >= 0.6 is 0 Å². The fourth-order valence-corrected chi connectivity index (χ4v) is 3.55. The largest absolute Gasteiger partial charge is 0.309 e. The molecule has 1 atom stereocenters. The third kappa shape index (κ3) is 4.44. The van der Waals surface area contributed by atoms with E-state index in [0.29, 0.717) is 6.04 Å². The first-order chi connectivity index (χ1) is 8.98. The van der Waals surface area contributed by atoms with Gasteiger partial charge in [0.1, 0.15) is 0 Å². The van der Waals surface area contributed by atoms with Crippen LogP contribution in [0, 0.1) is 5.92 Å². The van der Waals surface area contributed by atoms with Gasteiger partial charge < -0.3 is 10.2 Å². The number of hydrogen-bond acceptors (Lipinski definition) is 3. The Balaban J connectivity index is 1.86. The van der Waals surface area contributed by atoms with Gasteiger partial charge in [0.2, 0.25) is 0 Å². The lowest BCUT2D eigenvalue weighted by Crippen LogP contribution is -2.63. The van der Waals surface area contributed by atoms with Crippen LogP contribution in [0.15, 0.2) is 0 Å². The van der Waals surface area contributed by atoms with E-state index < -0.39 is 0 Å². The van der Waals surface area contributed by atoms with Crippen molar-refractivity contribution in [2.75, 3.05) is 39.3 Å². The van der Waals surface area contributed by atoms with E-state index >= 15 is 0 Å². The summed E-state index contributed by atoms with van der Waals surface area (Å²) in [5, 5.41) is 3.70. The zero-order valence-electron chi connectivity index (χ0n) is 13.4. The smallest absolute Gasteiger partial charge is 0.0252 e. The van der Waals surface area contributed by atoms with Crippen molar-refractivity contribution in [2.24, 2.45) is 5.92 Å². The van der Waals surface area contributed by atoms with Gasteiger partial charge in [-0.15, -0.1) is 0 Å². The normalized spacial score (nSPS) is 29.8. The molecule has 2 aliphatic heterocycles. The van der Waals surface area contributed by atoms with Gasteiger partial charge in [0.05, 0.1) is 0 Å².